The Morgan fingerprint density at radius 3 is 2.55 bits per heavy atom. The Labute approximate surface area is 125 Å². The predicted molar refractivity (Wildman–Crippen MR) is 78.2 cm³/mol. The Balaban J connectivity index is 2.43. The molecule has 0 radical (unpaired) electrons. The fourth-order valence-corrected chi connectivity index (χ4v) is 2.08. The van der Waals surface area contributed by atoms with Gasteiger partial charge in [-0.2, -0.15) is 5.26 Å². The molecule has 0 spiro atoms. The Hall–Kier alpha value is -2.03. The van der Waals surface area contributed by atoms with Crippen LogP contribution in [0.1, 0.15) is 5.56 Å². The van der Waals surface area contributed by atoms with E-state index in [4.69, 9.17) is 28.5 Å². The number of nitrogens with one attached hydrogen (secondary N) is 2. The molecule has 2 N–H and O–H groups in total. The van der Waals surface area contributed by atoms with Crippen molar-refractivity contribution < 1.29 is 4.39 Å². The van der Waals surface area contributed by atoms with Crippen molar-refractivity contribution in [2.75, 3.05) is 17.7 Å². The zero-order valence-corrected chi connectivity index (χ0v) is 11.8. The van der Waals surface area contributed by atoms with E-state index >= 15 is 0 Å². The molecule has 1 aromatic carbocycles. The molecule has 0 saturated carbocycles. The molecule has 0 aliphatic carbocycles. The number of benzene rings is 1. The number of nitriles is 1. The maximum atomic E-state index is 13.1. The van der Waals surface area contributed by atoms with E-state index in [1.807, 2.05) is 6.07 Å². The van der Waals surface area contributed by atoms with Crippen molar-refractivity contribution in [3.63, 3.8) is 0 Å². The van der Waals surface area contributed by atoms with Crippen LogP contribution in [-0.4, -0.2) is 12.0 Å². The summed E-state index contributed by atoms with van der Waals surface area (Å²) in [5.41, 5.74) is 0.566. The summed E-state index contributed by atoms with van der Waals surface area (Å²) in [5, 5.41) is 15.4. The van der Waals surface area contributed by atoms with Crippen LogP contribution in [0.5, 0.6) is 0 Å². The van der Waals surface area contributed by atoms with Crippen molar-refractivity contribution in [2.45, 2.75) is 0 Å². The number of hydrogen-bond acceptors (Lipinski definition) is 4. The monoisotopic (exact) mass is 310 g/mol. The highest BCUT2D eigenvalue weighted by Crippen LogP contribution is 2.31. The molecule has 0 unspecified atom stereocenters. The zero-order chi connectivity index (χ0) is 14.7. The molecule has 0 atom stereocenters. The summed E-state index contributed by atoms with van der Waals surface area (Å²) in [6.07, 6.45) is 0. The van der Waals surface area contributed by atoms with Gasteiger partial charge >= 0.3 is 0 Å². The highest BCUT2D eigenvalue weighted by Gasteiger charge is 2.11. The lowest BCUT2D eigenvalue weighted by atomic mass is 10.2. The van der Waals surface area contributed by atoms with Crippen molar-refractivity contribution in [3.05, 3.63) is 45.7 Å². The van der Waals surface area contributed by atoms with E-state index < -0.39 is 5.82 Å². The number of rotatable bonds is 3. The molecule has 0 bridgehead atoms. The third-order valence-electron chi connectivity index (χ3n) is 2.52. The maximum Gasteiger partial charge on any atom is 0.151 e. The second-order valence-corrected chi connectivity index (χ2v) is 4.64. The average Bonchev–Trinajstić information content (AvgIpc) is 2.43. The topological polar surface area (TPSA) is 60.7 Å². The lowest BCUT2D eigenvalue weighted by molar-refractivity contribution is 0.627. The molecule has 0 fully saturated rings. The molecule has 0 aliphatic rings. The van der Waals surface area contributed by atoms with Gasteiger partial charge in [0, 0.05) is 7.05 Å². The summed E-state index contributed by atoms with van der Waals surface area (Å²) < 4.78 is 13.1. The first-order chi connectivity index (χ1) is 9.55. The fraction of sp³-hybridized carbons (Fsp3) is 0.0769. The van der Waals surface area contributed by atoms with Crippen LogP contribution < -0.4 is 10.6 Å². The van der Waals surface area contributed by atoms with Crippen LogP contribution in [0.2, 0.25) is 10.0 Å². The summed E-state index contributed by atoms with van der Waals surface area (Å²) >= 11 is 12.0. The van der Waals surface area contributed by atoms with Crippen LogP contribution in [0, 0.1) is 17.1 Å². The van der Waals surface area contributed by atoms with Gasteiger partial charge in [0.25, 0.3) is 0 Å². The summed E-state index contributed by atoms with van der Waals surface area (Å²) in [4.78, 5) is 4.19. The summed E-state index contributed by atoms with van der Waals surface area (Å²) in [6, 6.07) is 7.24. The van der Waals surface area contributed by atoms with E-state index in [0.717, 1.165) is 6.07 Å². The molecule has 4 nitrogen and oxygen atoms in total. The van der Waals surface area contributed by atoms with E-state index in [0.29, 0.717) is 27.4 Å². The molecule has 102 valence electrons. The van der Waals surface area contributed by atoms with Crippen molar-refractivity contribution in [3.8, 4) is 6.07 Å². The summed E-state index contributed by atoms with van der Waals surface area (Å²) in [5.74, 6) is 0.279. The van der Waals surface area contributed by atoms with Gasteiger partial charge in [-0.3, -0.25) is 0 Å². The Bertz CT molecular complexity index is 698. The first-order valence-corrected chi connectivity index (χ1v) is 6.31. The van der Waals surface area contributed by atoms with Gasteiger partial charge in [0.1, 0.15) is 17.7 Å². The van der Waals surface area contributed by atoms with E-state index in [1.165, 1.54) is 18.2 Å². The number of hydrogen-bond donors (Lipinski definition) is 2. The molecule has 0 aliphatic heterocycles. The predicted octanol–water partition coefficient (Wildman–Crippen LogP) is 4.18. The smallest absolute Gasteiger partial charge is 0.151 e. The van der Waals surface area contributed by atoms with E-state index in [9.17, 15) is 4.39 Å². The summed E-state index contributed by atoms with van der Waals surface area (Å²) in [6.45, 7) is 0. The molecule has 1 aromatic heterocycles. The molecular weight excluding hydrogens is 302 g/mol. The van der Waals surface area contributed by atoms with Crippen LogP contribution in [0.15, 0.2) is 24.3 Å². The molecule has 7 heteroatoms. The number of halogens is 3. The van der Waals surface area contributed by atoms with Crippen molar-refractivity contribution in [1.29, 1.82) is 5.26 Å². The zero-order valence-electron chi connectivity index (χ0n) is 10.3. The number of nitrogens with zero attached hydrogens (tertiary/aromatic N) is 2. The molecule has 0 saturated heterocycles. The van der Waals surface area contributed by atoms with Gasteiger partial charge in [-0.1, -0.05) is 23.2 Å². The highest BCUT2D eigenvalue weighted by atomic mass is 35.5. The van der Waals surface area contributed by atoms with E-state index in [1.54, 1.807) is 7.05 Å². The van der Waals surface area contributed by atoms with Gasteiger partial charge in [0.05, 0.1) is 21.3 Å². The van der Waals surface area contributed by atoms with Gasteiger partial charge in [-0.05, 0) is 24.3 Å². The molecule has 20 heavy (non-hydrogen) atoms. The summed E-state index contributed by atoms with van der Waals surface area (Å²) in [7, 11) is 1.67. The Morgan fingerprint density at radius 2 is 1.90 bits per heavy atom. The number of aromatic nitrogens is 1. The number of pyridine rings is 1. The van der Waals surface area contributed by atoms with Crippen LogP contribution in [-0.2, 0) is 0 Å². The second kappa shape index (κ2) is 5.95. The van der Waals surface area contributed by atoms with Gasteiger partial charge < -0.3 is 10.6 Å². The van der Waals surface area contributed by atoms with Gasteiger partial charge in [-0.15, -0.1) is 0 Å². The fourth-order valence-electron chi connectivity index (χ4n) is 1.58. The Morgan fingerprint density at radius 1 is 1.20 bits per heavy atom. The third kappa shape index (κ3) is 2.93. The van der Waals surface area contributed by atoms with E-state index in [-0.39, 0.29) is 5.56 Å². The van der Waals surface area contributed by atoms with Crippen molar-refractivity contribution in [2.24, 2.45) is 0 Å². The average molecular weight is 311 g/mol. The van der Waals surface area contributed by atoms with Crippen LogP contribution >= 0.6 is 23.2 Å². The van der Waals surface area contributed by atoms with Crippen molar-refractivity contribution in [1.82, 2.24) is 4.98 Å². The van der Waals surface area contributed by atoms with Crippen LogP contribution in [0.3, 0.4) is 0 Å². The second-order valence-electron chi connectivity index (χ2n) is 3.83. The third-order valence-corrected chi connectivity index (χ3v) is 3.10. The highest BCUT2D eigenvalue weighted by molar-refractivity contribution is 6.37. The molecule has 1 heterocycles. The lowest BCUT2D eigenvalue weighted by Crippen LogP contribution is -2.01. The SMILES string of the molecule is CNc1nc(Nc2ccc(F)cc2C#N)c(Cl)cc1Cl. The molecular formula is C13H9Cl2FN4. The standard InChI is InChI=1S/C13H9Cl2FN4/c1-18-12-9(14)5-10(15)13(20-12)19-11-3-2-8(16)4-7(11)6-17/h2-5H,1H3,(H2,18,19,20). The minimum Gasteiger partial charge on any atom is -0.372 e. The molecule has 2 aromatic rings. The van der Waals surface area contributed by atoms with Crippen molar-refractivity contribution >= 4 is 40.5 Å². The molecule has 0 amide bonds. The number of anilines is 3. The molecule has 2 rings (SSSR count). The quantitative estimate of drug-likeness (QED) is 0.892. The Kier molecular flexibility index (Phi) is 4.28. The van der Waals surface area contributed by atoms with Crippen LogP contribution in [0.4, 0.5) is 21.7 Å². The first-order valence-electron chi connectivity index (χ1n) is 5.55. The minimum atomic E-state index is -0.488. The van der Waals surface area contributed by atoms with Gasteiger partial charge in [-0.25, -0.2) is 9.37 Å². The maximum absolute atomic E-state index is 13.1. The largest absolute Gasteiger partial charge is 0.372 e. The van der Waals surface area contributed by atoms with Gasteiger partial charge in [0.15, 0.2) is 5.82 Å². The normalized spacial score (nSPS) is 9.95. The minimum absolute atomic E-state index is 0.156. The first kappa shape index (κ1) is 14.4. The van der Waals surface area contributed by atoms with Crippen LogP contribution in [0.25, 0.3) is 0 Å². The van der Waals surface area contributed by atoms with E-state index in [2.05, 4.69) is 15.6 Å². The lowest BCUT2D eigenvalue weighted by Gasteiger charge is -2.11. The van der Waals surface area contributed by atoms with Gasteiger partial charge in [0.2, 0.25) is 0 Å².